The lowest BCUT2D eigenvalue weighted by Crippen LogP contribution is -2.05. The van der Waals surface area contributed by atoms with Crippen molar-refractivity contribution in [1.82, 2.24) is 0 Å². The molecule has 0 saturated heterocycles. The average Bonchev–Trinajstić information content (AvgIpc) is 2.59. The van der Waals surface area contributed by atoms with Crippen molar-refractivity contribution in [3.8, 4) is 11.1 Å². The zero-order valence-electron chi connectivity index (χ0n) is 7.73. The van der Waals surface area contributed by atoms with Crippen LogP contribution in [0.2, 0.25) is 0 Å². The number of hydrogen-bond acceptors (Lipinski definition) is 2. The Balaban J connectivity index is 2.46. The number of aliphatic carboxylic acids is 1. The predicted molar refractivity (Wildman–Crippen MR) is 57.0 cm³/mol. The predicted octanol–water partition coefficient (Wildman–Crippen LogP) is 3.04. The van der Waals surface area contributed by atoms with Crippen LogP contribution in [0, 0.1) is 0 Å². The number of carbonyl (C=O) groups is 1. The zero-order chi connectivity index (χ0) is 10.1. The van der Waals surface area contributed by atoms with Crippen molar-refractivity contribution in [2.75, 3.05) is 0 Å². The summed E-state index contributed by atoms with van der Waals surface area (Å²) in [7, 11) is 0. The third kappa shape index (κ3) is 1.51. The first-order valence-electron chi connectivity index (χ1n) is 4.37. The van der Waals surface area contributed by atoms with Crippen molar-refractivity contribution < 1.29 is 9.90 Å². The van der Waals surface area contributed by atoms with E-state index in [0.717, 1.165) is 16.7 Å². The molecule has 0 fully saturated rings. The topological polar surface area (TPSA) is 37.3 Å². The Morgan fingerprint density at radius 3 is 2.79 bits per heavy atom. The van der Waals surface area contributed by atoms with E-state index in [1.165, 1.54) is 0 Å². The van der Waals surface area contributed by atoms with Gasteiger partial charge in [0.25, 0.3) is 0 Å². The first-order valence-corrected chi connectivity index (χ1v) is 5.31. The van der Waals surface area contributed by atoms with Gasteiger partial charge in [0, 0.05) is 0 Å². The van der Waals surface area contributed by atoms with E-state index in [4.69, 9.17) is 5.11 Å². The van der Waals surface area contributed by atoms with Crippen LogP contribution < -0.4 is 0 Å². The molecule has 0 amide bonds. The van der Waals surface area contributed by atoms with Gasteiger partial charge in [0.05, 0.1) is 5.92 Å². The van der Waals surface area contributed by atoms with E-state index in [1.807, 2.05) is 29.0 Å². The Hall–Kier alpha value is -1.35. The number of carboxylic acid groups (broad SMARTS) is 1. The normalized spacial score (nSPS) is 12.9. The Labute approximate surface area is 86.2 Å². The number of fused-ring (bicyclic) bond motifs is 1. The van der Waals surface area contributed by atoms with Crippen LogP contribution in [0.3, 0.4) is 0 Å². The summed E-state index contributed by atoms with van der Waals surface area (Å²) in [4.78, 5) is 10.8. The molecule has 0 aromatic carbocycles. The van der Waals surface area contributed by atoms with Crippen LogP contribution >= 0.6 is 11.3 Å². The highest BCUT2D eigenvalue weighted by Crippen LogP contribution is 2.30. The first-order chi connectivity index (χ1) is 6.68. The van der Waals surface area contributed by atoms with E-state index in [9.17, 15) is 4.79 Å². The van der Waals surface area contributed by atoms with Crippen molar-refractivity contribution in [2.24, 2.45) is 0 Å². The minimum absolute atomic E-state index is 0.424. The molecule has 2 aliphatic rings. The van der Waals surface area contributed by atoms with Gasteiger partial charge >= 0.3 is 5.97 Å². The molecule has 1 heterocycles. The van der Waals surface area contributed by atoms with Gasteiger partial charge < -0.3 is 5.11 Å². The second-order valence-corrected chi connectivity index (χ2v) is 4.10. The lowest BCUT2D eigenvalue weighted by molar-refractivity contribution is -0.138. The van der Waals surface area contributed by atoms with Crippen LogP contribution in [0.1, 0.15) is 18.4 Å². The molecule has 14 heavy (non-hydrogen) atoms. The molecule has 2 nitrogen and oxygen atoms in total. The smallest absolute Gasteiger partial charge is 0.310 e. The van der Waals surface area contributed by atoms with E-state index >= 15 is 0 Å². The van der Waals surface area contributed by atoms with Crippen LogP contribution in [0.25, 0.3) is 11.1 Å². The van der Waals surface area contributed by atoms with Gasteiger partial charge in [0.2, 0.25) is 0 Å². The van der Waals surface area contributed by atoms with E-state index in [-0.39, 0.29) is 0 Å². The third-order valence-electron chi connectivity index (χ3n) is 2.37. The highest BCUT2D eigenvalue weighted by Gasteiger charge is 2.16. The molecule has 72 valence electrons. The molecule has 1 aliphatic carbocycles. The van der Waals surface area contributed by atoms with Gasteiger partial charge in [-0.25, -0.2) is 0 Å². The molecule has 1 aliphatic heterocycles. The summed E-state index contributed by atoms with van der Waals surface area (Å²) >= 11 is 1.62. The summed E-state index contributed by atoms with van der Waals surface area (Å²) in [6.45, 7) is 1.71. The lowest BCUT2D eigenvalue weighted by atomic mass is 10.1. The molecule has 1 unspecified atom stereocenters. The zero-order valence-corrected chi connectivity index (χ0v) is 8.54. The van der Waals surface area contributed by atoms with Gasteiger partial charge in [-0.2, -0.15) is 11.3 Å². The van der Waals surface area contributed by atoms with Gasteiger partial charge in [-0.05, 0) is 46.5 Å². The summed E-state index contributed by atoms with van der Waals surface area (Å²) in [5.74, 6) is -1.20. The second kappa shape index (κ2) is 3.42. The van der Waals surface area contributed by atoms with Gasteiger partial charge in [0.15, 0.2) is 0 Å². The lowest BCUT2D eigenvalue weighted by Gasteiger charge is -2.00. The van der Waals surface area contributed by atoms with Crippen molar-refractivity contribution in [3.63, 3.8) is 0 Å². The van der Waals surface area contributed by atoms with Crippen molar-refractivity contribution in [3.05, 3.63) is 34.5 Å². The Morgan fingerprint density at radius 1 is 1.43 bits per heavy atom. The Kier molecular flexibility index (Phi) is 2.25. The first kappa shape index (κ1) is 9.21. The minimum Gasteiger partial charge on any atom is -0.481 e. The van der Waals surface area contributed by atoms with Gasteiger partial charge in [-0.15, -0.1) is 0 Å². The van der Waals surface area contributed by atoms with Crippen molar-refractivity contribution >= 4 is 17.3 Å². The Bertz CT molecular complexity index is 403. The number of carboxylic acids is 1. The molecule has 0 radical (unpaired) electrons. The summed E-state index contributed by atoms with van der Waals surface area (Å²) in [6, 6.07) is 5.91. The molecule has 0 aromatic heterocycles. The molecule has 3 heteroatoms. The molecule has 1 N–H and O–H groups in total. The Morgan fingerprint density at radius 2 is 2.14 bits per heavy atom. The maximum atomic E-state index is 10.8. The quantitative estimate of drug-likeness (QED) is 0.820. The monoisotopic (exact) mass is 206 g/mol. The summed E-state index contributed by atoms with van der Waals surface area (Å²) in [5, 5.41) is 12.9. The van der Waals surface area contributed by atoms with Crippen molar-refractivity contribution in [2.45, 2.75) is 12.8 Å². The highest BCUT2D eigenvalue weighted by atomic mass is 32.1. The maximum absolute atomic E-state index is 10.8. The summed E-state index contributed by atoms with van der Waals surface area (Å²) in [6.07, 6.45) is 0. The molecule has 0 saturated carbocycles. The summed E-state index contributed by atoms with van der Waals surface area (Å²) in [5.41, 5.74) is 3.12. The van der Waals surface area contributed by atoms with E-state index in [2.05, 4.69) is 0 Å². The van der Waals surface area contributed by atoms with Crippen LogP contribution in [0.5, 0.6) is 0 Å². The van der Waals surface area contributed by atoms with Gasteiger partial charge in [-0.3, -0.25) is 4.79 Å². The standard InChI is InChI=1S/C11H10O2S/c1-7(11(12)13)9-4-8-2-3-14-6-10(8)5-9/h2-7H,1H3,(H,12,13). The molecular weight excluding hydrogens is 196 g/mol. The number of rotatable bonds is 2. The molecule has 1 atom stereocenters. The molecular formula is C11H10O2S. The van der Waals surface area contributed by atoms with E-state index < -0.39 is 11.9 Å². The molecule has 2 rings (SSSR count). The molecule has 0 spiro atoms. The van der Waals surface area contributed by atoms with E-state index in [1.54, 1.807) is 18.3 Å². The van der Waals surface area contributed by atoms with Crippen LogP contribution in [0.15, 0.2) is 29.0 Å². The van der Waals surface area contributed by atoms with Crippen LogP contribution in [-0.2, 0) is 4.79 Å². The van der Waals surface area contributed by atoms with Crippen LogP contribution in [0.4, 0.5) is 0 Å². The number of hydrogen-bond donors (Lipinski definition) is 1. The van der Waals surface area contributed by atoms with Crippen molar-refractivity contribution in [1.29, 1.82) is 0 Å². The van der Waals surface area contributed by atoms with Crippen LogP contribution in [-0.4, -0.2) is 11.1 Å². The second-order valence-electron chi connectivity index (χ2n) is 3.32. The fourth-order valence-electron chi connectivity index (χ4n) is 1.43. The fourth-order valence-corrected chi connectivity index (χ4v) is 2.09. The molecule has 0 aromatic rings. The van der Waals surface area contributed by atoms with Gasteiger partial charge in [-0.1, -0.05) is 6.07 Å². The highest BCUT2D eigenvalue weighted by molar-refractivity contribution is 7.07. The van der Waals surface area contributed by atoms with Gasteiger partial charge in [0.1, 0.15) is 0 Å². The fraction of sp³-hybridized carbons (Fsp3) is 0.182. The minimum atomic E-state index is -0.774. The average molecular weight is 206 g/mol. The third-order valence-corrected chi connectivity index (χ3v) is 3.05. The SMILES string of the molecule is CC(C(=O)O)c1cc2ccscc-2c1. The maximum Gasteiger partial charge on any atom is 0.310 e. The molecule has 0 bridgehead atoms. The largest absolute Gasteiger partial charge is 0.481 e. The summed E-state index contributed by atoms with van der Waals surface area (Å²) < 4.78 is 0. The van der Waals surface area contributed by atoms with E-state index in [0.29, 0.717) is 0 Å².